The lowest BCUT2D eigenvalue weighted by atomic mass is 10.1. The van der Waals surface area contributed by atoms with Crippen LogP contribution in [0.5, 0.6) is 0 Å². The smallest absolute Gasteiger partial charge is 0.377 e. The zero-order chi connectivity index (χ0) is 15.3. The Bertz CT molecular complexity index is 434. The van der Waals surface area contributed by atoms with Crippen LogP contribution in [0, 0.1) is 0 Å². The maximum atomic E-state index is 12.6. The summed E-state index contributed by atoms with van der Waals surface area (Å²) in [6.45, 7) is 5.69. The first-order valence-electron chi connectivity index (χ1n) is 7.24. The fraction of sp³-hybridized carbons (Fsp3) is 0.600. The Kier molecular flexibility index (Phi) is 5.47. The molecule has 1 aromatic rings. The van der Waals surface area contributed by atoms with Crippen LogP contribution in [0.25, 0.3) is 0 Å². The Balaban J connectivity index is 2.06. The second-order valence-electron chi connectivity index (χ2n) is 5.17. The summed E-state index contributed by atoms with van der Waals surface area (Å²) in [7, 11) is 0. The number of rotatable bonds is 5. The van der Waals surface area contributed by atoms with Crippen LogP contribution in [0.15, 0.2) is 24.3 Å². The third kappa shape index (κ3) is 4.35. The van der Waals surface area contributed by atoms with Gasteiger partial charge in [0.25, 0.3) is 0 Å². The average Bonchev–Trinajstić information content (AvgIpc) is 2.47. The van der Waals surface area contributed by atoms with Gasteiger partial charge in [-0.05, 0) is 37.2 Å². The van der Waals surface area contributed by atoms with Gasteiger partial charge in [-0.25, -0.2) is 0 Å². The average molecular weight is 302 g/mol. The molecule has 1 saturated heterocycles. The number of nitrogens with one attached hydrogen (secondary N) is 1. The van der Waals surface area contributed by atoms with E-state index in [0.717, 1.165) is 37.3 Å². The minimum Gasteiger partial charge on any atom is -0.377 e. The van der Waals surface area contributed by atoms with Crippen LogP contribution < -0.4 is 10.2 Å². The molecular formula is C15H21F3N2O. The minimum atomic E-state index is -4.29. The topological polar surface area (TPSA) is 24.5 Å². The van der Waals surface area contributed by atoms with E-state index in [9.17, 15) is 13.2 Å². The predicted molar refractivity (Wildman–Crippen MR) is 76.6 cm³/mol. The third-order valence-corrected chi connectivity index (χ3v) is 3.56. The van der Waals surface area contributed by atoms with Gasteiger partial charge in [0, 0.05) is 18.8 Å². The van der Waals surface area contributed by atoms with Gasteiger partial charge in [-0.2, -0.15) is 13.2 Å². The molecule has 0 bridgehead atoms. The number of benzene rings is 1. The van der Waals surface area contributed by atoms with Gasteiger partial charge in [0.1, 0.15) is 0 Å². The maximum Gasteiger partial charge on any atom is 0.416 e. The van der Waals surface area contributed by atoms with Crippen molar-refractivity contribution in [2.45, 2.75) is 25.6 Å². The molecule has 0 radical (unpaired) electrons. The van der Waals surface area contributed by atoms with E-state index >= 15 is 0 Å². The molecule has 1 heterocycles. The monoisotopic (exact) mass is 302 g/mol. The van der Waals surface area contributed by atoms with Crippen molar-refractivity contribution in [3.8, 4) is 0 Å². The first kappa shape index (κ1) is 16.1. The van der Waals surface area contributed by atoms with Gasteiger partial charge in [-0.3, -0.25) is 0 Å². The zero-order valence-corrected chi connectivity index (χ0v) is 12.1. The van der Waals surface area contributed by atoms with Gasteiger partial charge < -0.3 is 15.0 Å². The number of ether oxygens (including phenoxy) is 1. The first-order chi connectivity index (χ1) is 10.0. The SMILES string of the molecule is CCCNCC1COCCN1c1ccc(C(F)(F)F)cc1. The van der Waals surface area contributed by atoms with E-state index in [4.69, 9.17) is 4.74 Å². The molecule has 0 amide bonds. The highest BCUT2D eigenvalue weighted by molar-refractivity contribution is 5.49. The van der Waals surface area contributed by atoms with E-state index in [-0.39, 0.29) is 6.04 Å². The third-order valence-electron chi connectivity index (χ3n) is 3.56. The summed E-state index contributed by atoms with van der Waals surface area (Å²) in [4.78, 5) is 2.12. The van der Waals surface area contributed by atoms with Crippen molar-refractivity contribution in [2.75, 3.05) is 37.7 Å². The van der Waals surface area contributed by atoms with Crippen molar-refractivity contribution in [2.24, 2.45) is 0 Å². The summed E-state index contributed by atoms with van der Waals surface area (Å²) < 4.78 is 43.3. The van der Waals surface area contributed by atoms with Crippen LogP contribution in [0.1, 0.15) is 18.9 Å². The van der Waals surface area contributed by atoms with Crippen LogP contribution in [-0.4, -0.2) is 38.9 Å². The Labute approximate surface area is 123 Å². The lowest BCUT2D eigenvalue weighted by molar-refractivity contribution is -0.137. The normalized spacial score (nSPS) is 19.8. The fourth-order valence-corrected chi connectivity index (χ4v) is 2.45. The van der Waals surface area contributed by atoms with Crippen molar-refractivity contribution in [3.05, 3.63) is 29.8 Å². The quantitative estimate of drug-likeness (QED) is 0.847. The van der Waals surface area contributed by atoms with Crippen LogP contribution in [0.2, 0.25) is 0 Å². The Morgan fingerprint density at radius 3 is 2.62 bits per heavy atom. The summed E-state index contributed by atoms with van der Waals surface area (Å²) in [5, 5.41) is 3.34. The molecule has 118 valence electrons. The fourth-order valence-electron chi connectivity index (χ4n) is 2.45. The molecule has 0 aliphatic carbocycles. The van der Waals surface area contributed by atoms with Gasteiger partial charge in [0.2, 0.25) is 0 Å². The number of alkyl halides is 3. The number of hydrogen-bond donors (Lipinski definition) is 1. The van der Waals surface area contributed by atoms with Gasteiger partial charge >= 0.3 is 6.18 Å². The van der Waals surface area contributed by atoms with Crippen LogP contribution in [-0.2, 0) is 10.9 Å². The number of hydrogen-bond acceptors (Lipinski definition) is 3. The van der Waals surface area contributed by atoms with Crippen molar-refractivity contribution in [3.63, 3.8) is 0 Å². The van der Waals surface area contributed by atoms with Gasteiger partial charge in [0.05, 0.1) is 24.8 Å². The van der Waals surface area contributed by atoms with E-state index in [1.54, 1.807) is 12.1 Å². The number of nitrogens with zero attached hydrogens (tertiary/aromatic N) is 1. The predicted octanol–water partition coefficient (Wildman–Crippen LogP) is 2.91. The van der Waals surface area contributed by atoms with Crippen LogP contribution in [0.4, 0.5) is 18.9 Å². The van der Waals surface area contributed by atoms with Crippen molar-refractivity contribution < 1.29 is 17.9 Å². The summed E-state index contributed by atoms with van der Waals surface area (Å²) in [5.74, 6) is 0. The van der Waals surface area contributed by atoms with E-state index < -0.39 is 11.7 Å². The maximum absolute atomic E-state index is 12.6. The van der Waals surface area contributed by atoms with Gasteiger partial charge in [0.15, 0.2) is 0 Å². The zero-order valence-electron chi connectivity index (χ0n) is 12.1. The molecular weight excluding hydrogens is 281 g/mol. The molecule has 1 fully saturated rings. The van der Waals surface area contributed by atoms with E-state index in [1.807, 2.05) is 0 Å². The Morgan fingerprint density at radius 2 is 2.00 bits per heavy atom. The molecule has 1 aliphatic heterocycles. The summed E-state index contributed by atoms with van der Waals surface area (Å²) in [5.41, 5.74) is 0.203. The highest BCUT2D eigenvalue weighted by atomic mass is 19.4. The highest BCUT2D eigenvalue weighted by Crippen LogP contribution is 2.31. The van der Waals surface area contributed by atoms with E-state index in [1.165, 1.54) is 0 Å². The number of morpholine rings is 1. The standard InChI is InChI=1S/C15H21F3N2O/c1-2-7-19-10-14-11-21-9-8-20(14)13-5-3-12(4-6-13)15(16,17)18/h3-6,14,19H,2,7-11H2,1H3. The molecule has 0 spiro atoms. The summed E-state index contributed by atoms with van der Waals surface area (Å²) in [6, 6.07) is 5.52. The van der Waals surface area contributed by atoms with Crippen LogP contribution in [0.3, 0.4) is 0 Å². The summed E-state index contributed by atoms with van der Waals surface area (Å²) >= 11 is 0. The first-order valence-corrected chi connectivity index (χ1v) is 7.24. The van der Waals surface area contributed by atoms with Crippen molar-refractivity contribution >= 4 is 5.69 Å². The lowest BCUT2D eigenvalue weighted by Gasteiger charge is -2.37. The summed E-state index contributed by atoms with van der Waals surface area (Å²) in [6.07, 6.45) is -3.24. The highest BCUT2D eigenvalue weighted by Gasteiger charge is 2.30. The van der Waals surface area contributed by atoms with Crippen molar-refractivity contribution in [1.82, 2.24) is 5.32 Å². The second kappa shape index (κ2) is 7.13. The number of halogens is 3. The van der Waals surface area contributed by atoms with Crippen molar-refractivity contribution in [1.29, 1.82) is 0 Å². The molecule has 0 aromatic heterocycles. The molecule has 1 aliphatic rings. The molecule has 1 unspecified atom stereocenters. The molecule has 21 heavy (non-hydrogen) atoms. The van der Waals surface area contributed by atoms with E-state index in [0.29, 0.717) is 19.8 Å². The largest absolute Gasteiger partial charge is 0.416 e. The molecule has 1 N–H and O–H groups in total. The number of anilines is 1. The second-order valence-corrected chi connectivity index (χ2v) is 5.17. The molecule has 3 nitrogen and oxygen atoms in total. The van der Waals surface area contributed by atoms with E-state index in [2.05, 4.69) is 17.1 Å². The molecule has 6 heteroatoms. The molecule has 0 saturated carbocycles. The molecule has 1 atom stereocenters. The Hall–Kier alpha value is -1.27. The van der Waals surface area contributed by atoms with Gasteiger partial charge in [-0.15, -0.1) is 0 Å². The molecule has 2 rings (SSSR count). The minimum absolute atomic E-state index is 0.155. The Morgan fingerprint density at radius 1 is 1.29 bits per heavy atom. The van der Waals surface area contributed by atoms with Crippen LogP contribution >= 0.6 is 0 Å². The van der Waals surface area contributed by atoms with Gasteiger partial charge in [-0.1, -0.05) is 6.92 Å². The molecule has 1 aromatic carbocycles. The lowest BCUT2D eigenvalue weighted by Crippen LogP contribution is -2.50.